The number of methoxy groups -OCH3 is 1. The van der Waals surface area contributed by atoms with Crippen molar-refractivity contribution >= 4 is 24.0 Å². The Labute approximate surface area is 215 Å². The lowest BCUT2D eigenvalue weighted by molar-refractivity contribution is -0.139. The molecule has 0 fully saturated rings. The zero-order chi connectivity index (χ0) is 27.3. The van der Waals surface area contributed by atoms with E-state index in [-0.39, 0.29) is 32.0 Å². The maximum Gasteiger partial charge on any atom is 0.413 e. The largest absolute Gasteiger partial charge is 0.469 e. The average Bonchev–Trinajstić information content (AvgIpc) is 2.83. The molecule has 0 radical (unpaired) electrons. The average molecular weight is 508 g/mol. The molecule has 194 valence electrons. The second-order valence-electron chi connectivity index (χ2n) is 8.54. The first-order valence-corrected chi connectivity index (χ1v) is 11.2. The highest BCUT2D eigenvalue weighted by molar-refractivity contribution is 5.83. The summed E-state index contributed by atoms with van der Waals surface area (Å²) in [5, 5.41) is 14.0. The van der Waals surface area contributed by atoms with E-state index in [1.165, 1.54) is 13.3 Å². The Balaban J connectivity index is 1.91. The van der Waals surface area contributed by atoms with Crippen LogP contribution in [0.4, 0.5) is 15.4 Å². The van der Waals surface area contributed by atoms with E-state index in [0.717, 1.165) is 0 Å². The van der Waals surface area contributed by atoms with Crippen molar-refractivity contribution in [1.29, 1.82) is 0 Å². The van der Waals surface area contributed by atoms with Crippen LogP contribution in [0.2, 0.25) is 0 Å². The number of ether oxygens (including phenoxy) is 3. The Hall–Kier alpha value is -4.54. The van der Waals surface area contributed by atoms with Crippen LogP contribution in [0.5, 0.6) is 0 Å². The number of aliphatic hydroxyl groups excluding tert-OH is 1. The van der Waals surface area contributed by atoms with Gasteiger partial charge >= 0.3 is 18.2 Å². The van der Waals surface area contributed by atoms with Gasteiger partial charge in [-0.15, -0.1) is 0 Å². The Morgan fingerprint density at radius 2 is 1.70 bits per heavy atom. The fourth-order valence-electron chi connectivity index (χ4n) is 2.84. The number of aliphatic hydroxyl groups is 1. The first-order valence-electron chi connectivity index (χ1n) is 11.2. The number of esters is 1. The van der Waals surface area contributed by atoms with Crippen molar-refractivity contribution in [3.8, 4) is 23.7 Å². The minimum absolute atomic E-state index is 0.0444. The summed E-state index contributed by atoms with van der Waals surface area (Å²) in [6.45, 7) is 4.93. The van der Waals surface area contributed by atoms with Gasteiger partial charge in [0.25, 0.3) is 0 Å². The maximum atomic E-state index is 12.0. The van der Waals surface area contributed by atoms with Gasteiger partial charge in [-0.3, -0.25) is 10.1 Å². The third kappa shape index (κ3) is 11.6. The van der Waals surface area contributed by atoms with Crippen LogP contribution in [-0.4, -0.2) is 54.2 Å². The molecule has 0 aliphatic rings. The number of hydrogen-bond donors (Lipinski definition) is 3. The molecule has 2 amide bonds. The summed E-state index contributed by atoms with van der Waals surface area (Å²) in [7, 11) is 1.30. The Bertz CT molecular complexity index is 1240. The molecule has 2 rings (SSSR count). The number of carbonyl (C=O) groups is 3. The fraction of sp³-hybridized carbons (Fsp3) is 0.333. The van der Waals surface area contributed by atoms with Crippen LogP contribution in [0.15, 0.2) is 36.5 Å². The van der Waals surface area contributed by atoms with Gasteiger partial charge in [0.15, 0.2) is 6.61 Å². The van der Waals surface area contributed by atoms with E-state index in [1.807, 2.05) is 0 Å². The molecule has 0 atom stereocenters. The number of nitrogens with zero attached hydrogens (tertiary/aromatic N) is 1. The van der Waals surface area contributed by atoms with Crippen molar-refractivity contribution in [2.75, 3.05) is 25.6 Å². The molecule has 0 saturated heterocycles. The third-order valence-corrected chi connectivity index (χ3v) is 4.28. The van der Waals surface area contributed by atoms with Crippen molar-refractivity contribution in [2.45, 2.75) is 39.3 Å². The van der Waals surface area contributed by atoms with E-state index in [2.05, 4.69) is 39.3 Å². The molecule has 0 spiro atoms. The molecule has 1 aromatic carbocycles. The van der Waals surface area contributed by atoms with Gasteiger partial charge in [0.2, 0.25) is 0 Å². The number of anilines is 1. The smallest absolute Gasteiger partial charge is 0.413 e. The van der Waals surface area contributed by atoms with Crippen LogP contribution in [0.1, 0.15) is 43.0 Å². The van der Waals surface area contributed by atoms with Crippen molar-refractivity contribution in [2.24, 2.45) is 0 Å². The SMILES string of the molecule is COC(=O)Cc1cc(C#CCO)cc(C#CCOC(=O)NCc2ccnc(NC(=O)OC(C)(C)C)c2)c1. The number of alkyl carbamates (subject to hydrolysis) is 1. The molecule has 0 unspecified atom stereocenters. The second-order valence-corrected chi connectivity index (χ2v) is 8.54. The van der Waals surface area contributed by atoms with Crippen molar-refractivity contribution in [1.82, 2.24) is 10.3 Å². The number of amides is 2. The van der Waals surface area contributed by atoms with Gasteiger partial charge in [0.1, 0.15) is 18.0 Å². The Morgan fingerprint density at radius 1 is 1.00 bits per heavy atom. The maximum absolute atomic E-state index is 12.0. The third-order valence-electron chi connectivity index (χ3n) is 4.28. The fourth-order valence-corrected chi connectivity index (χ4v) is 2.84. The molecule has 37 heavy (non-hydrogen) atoms. The van der Waals surface area contributed by atoms with Crippen LogP contribution >= 0.6 is 0 Å². The first-order chi connectivity index (χ1) is 17.6. The highest BCUT2D eigenvalue weighted by atomic mass is 16.6. The zero-order valence-electron chi connectivity index (χ0n) is 21.1. The number of benzene rings is 1. The number of pyridine rings is 1. The molecule has 3 N–H and O–H groups in total. The van der Waals surface area contributed by atoms with Crippen LogP contribution in [0.25, 0.3) is 0 Å². The van der Waals surface area contributed by atoms with Crippen molar-refractivity contribution in [3.63, 3.8) is 0 Å². The van der Waals surface area contributed by atoms with E-state index >= 15 is 0 Å². The lowest BCUT2D eigenvalue weighted by atomic mass is 10.0. The van der Waals surface area contributed by atoms with E-state index in [1.54, 1.807) is 51.1 Å². The number of nitrogens with one attached hydrogen (secondary N) is 2. The van der Waals surface area contributed by atoms with Crippen LogP contribution < -0.4 is 10.6 Å². The van der Waals surface area contributed by atoms with Crippen molar-refractivity contribution < 1.29 is 33.7 Å². The summed E-state index contributed by atoms with van der Waals surface area (Å²) in [6, 6.07) is 8.40. The molecule has 0 bridgehead atoms. The van der Waals surface area contributed by atoms with Gasteiger partial charge in [-0.25, -0.2) is 14.6 Å². The first kappa shape index (κ1) is 28.7. The quantitative estimate of drug-likeness (QED) is 0.309. The van der Waals surface area contributed by atoms with Crippen LogP contribution in [0.3, 0.4) is 0 Å². The Morgan fingerprint density at radius 3 is 2.35 bits per heavy atom. The number of aromatic nitrogens is 1. The lowest BCUT2D eigenvalue weighted by Crippen LogP contribution is -2.27. The van der Waals surface area contributed by atoms with Gasteiger partial charge < -0.3 is 24.6 Å². The minimum atomic E-state index is -0.679. The minimum Gasteiger partial charge on any atom is -0.469 e. The monoisotopic (exact) mass is 507 g/mol. The molecule has 0 saturated carbocycles. The summed E-state index contributed by atoms with van der Waals surface area (Å²) >= 11 is 0. The zero-order valence-corrected chi connectivity index (χ0v) is 21.1. The summed E-state index contributed by atoms with van der Waals surface area (Å²) in [6.07, 6.45) is 0.227. The second kappa shape index (κ2) is 14.1. The summed E-state index contributed by atoms with van der Waals surface area (Å²) in [5.41, 5.74) is 1.84. The highest BCUT2D eigenvalue weighted by Gasteiger charge is 2.16. The van der Waals surface area contributed by atoms with Crippen LogP contribution in [-0.2, 0) is 32.0 Å². The van der Waals surface area contributed by atoms with Gasteiger partial charge in [-0.05, 0) is 62.2 Å². The van der Waals surface area contributed by atoms with E-state index < -0.39 is 23.8 Å². The van der Waals surface area contributed by atoms with Crippen molar-refractivity contribution in [3.05, 3.63) is 58.8 Å². The van der Waals surface area contributed by atoms with Crippen LogP contribution in [0, 0.1) is 23.7 Å². The molecule has 2 aromatic rings. The molecular formula is C27H29N3O7. The van der Waals surface area contributed by atoms with Gasteiger partial charge in [0.05, 0.1) is 13.5 Å². The molecule has 0 aliphatic heterocycles. The normalized spacial score (nSPS) is 10.1. The Kier molecular flexibility index (Phi) is 11.0. The van der Waals surface area contributed by atoms with Gasteiger partial charge in [0, 0.05) is 23.9 Å². The number of rotatable bonds is 6. The summed E-state index contributed by atoms with van der Waals surface area (Å²) in [5.74, 6) is 10.8. The standard InChI is InChI=1S/C27H29N3O7/c1-27(2,3)37-26(34)30-23-16-21(9-10-28-23)18-29-25(33)36-12-6-8-20-13-19(7-5-11-31)14-22(15-20)17-24(32)35-4/h9-10,13-16,31H,11-12,17-18H2,1-4H3,(H,29,33)(H,28,30,34). The topological polar surface area (TPSA) is 136 Å². The molecule has 1 heterocycles. The van der Waals surface area contributed by atoms with E-state index in [4.69, 9.17) is 19.3 Å². The summed E-state index contributed by atoms with van der Waals surface area (Å²) < 4.78 is 15.0. The predicted molar refractivity (Wildman–Crippen MR) is 135 cm³/mol. The molecule has 0 aliphatic carbocycles. The van der Waals surface area contributed by atoms with E-state index in [0.29, 0.717) is 22.3 Å². The molecule has 1 aromatic heterocycles. The summed E-state index contributed by atoms with van der Waals surface area (Å²) in [4.78, 5) is 39.6. The molecular weight excluding hydrogens is 478 g/mol. The van der Waals surface area contributed by atoms with Gasteiger partial charge in [-0.2, -0.15) is 0 Å². The lowest BCUT2D eigenvalue weighted by Gasteiger charge is -2.19. The number of carbonyl (C=O) groups excluding carboxylic acids is 3. The highest BCUT2D eigenvalue weighted by Crippen LogP contribution is 2.12. The number of hydrogen-bond acceptors (Lipinski definition) is 8. The molecule has 10 heteroatoms. The van der Waals surface area contributed by atoms with E-state index in [9.17, 15) is 14.4 Å². The van der Waals surface area contributed by atoms with Gasteiger partial charge in [-0.1, -0.05) is 23.7 Å². The predicted octanol–water partition coefficient (Wildman–Crippen LogP) is 2.77. The molecule has 10 nitrogen and oxygen atoms in total.